The van der Waals surface area contributed by atoms with Gasteiger partial charge in [0.25, 0.3) is 0 Å². The zero-order valence-electron chi connectivity index (χ0n) is 11.1. The first-order valence-electron chi connectivity index (χ1n) is 6.15. The smallest absolute Gasteiger partial charge is 0.232 e. The van der Waals surface area contributed by atoms with Crippen LogP contribution < -0.4 is 5.32 Å². The first kappa shape index (κ1) is 13.8. The van der Waals surface area contributed by atoms with Crippen molar-refractivity contribution in [3.05, 3.63) is 40.6 Å². The molecule has 0 aliphatic rings. The molecule has 0 aromatic carbocycles. The third-order valence-corrected chi connectivity index (χ3v) is 4.27. The number of hydrogen-bond donors (Lipinski definition) is 1. The fourth-order valence-corrected chi connectivity index (χ4v) is 3.10. The maximum atomic E-state index is 11.9. The number of aryl methyl sites for hydroxylation is 1. The van der Waals surface area contributed by atoms with Gasteiger partial charge in [-0.1, -0.05) is 11.3 Å². The number of thiazole rings is 1. The third kappa shape index (κ3) is 3.47. The van der Waals surface area contributed by atoms with E-state index >= 15 is 0 Å². The Balaban J connectivity index is 1.66. The molecule has 0 saturated carbocycles. The molecule has 3 rings (SSSR count). The standard InChI is InChI=1S/C13H11N5OS2/c1-8-17-18-13(21-8)16-11(19)5-10-7-20-12(15-10)9-3-2-4-14-6-9/h2-4,6-7H,5H2,1H3,(H,16,18,19). The highest BCUT2D eigenvalue weighted by molar-refractivity contribution is 7.15. The zero-order chi connectivity index (χ0) is 14.7. The zero-order valence-corrected chi connectivity index (χ0v) is 12.7. The van der Waals surface area contributed by atoms with Crippen molar-refractivity contribution < 1.29 is 4.79 Å². The molecule has 6 nitrogen and oxygen atoms in total. The maximum absolute atomic E-state index is 11.9. The minimum Gasteiger partial charge on any atom is -0.300 e. The van der Waals surface area contributed by atoms with Crippen LogP contribution in [0, 0.1) is 6.92 Å². The molecule has 3 aromatic rings. The summed E-state index contributed by atoms with van der Waals surface area (Å²) in [6, 6.07) is 3.81. The predicted octanol–water partition coefficient (Wildman–Crippen LogP) is 2.55. The fourth-order valence-electron chi connectivity index (χ4n) is 1.69. The van der Waals surface area contributed by atoms with Crippen LogP contribution >= 0.6 is 22.7 Å². The van der Waals surface area contributed by atoms with Crippen LogP contribution in [0.4, 0.5) is 5.13 Å². The Morgan fingerprint density at radius 3 is 3.00 bits per heavy atom. The van der Waals surface area contributed by atoms with Gasteiger partial charge in [-0.25, -0.2) is 4.98 Å². The van der Waals surface area contributed by atoms with Crippen molar-refractivity contribution in [3.63, 3.8) is 0 Å². The van der Waals surface area contributed by atoms with Crippen LogP contribution in [-0.2, 0) is 11.2 Å². The number of pyridine rings is 1. The van der Waals surface area contributed by atoms with Gasteiger partial charge in [-0.2, -0.15) is 0 Å². The second-order valence-corrected chi connectivity index (χ2v) is 6.28. The van der Waals surface area contributed by atoms with Crippen LogP contribution in [0.25, 0.3) is 10.6 Å². The number of anilines is 1. The summed E-state index contributed by atoms with van der Waals surface area (Å²) in [5.41, 5.74) is 1.69. The molecule has 0 bridgehead atoms. The Bertz CT molecular complexity index is 753. The largest absolute Gasteiger partial charge is 0.300 e. The summed E-state index contributed by atoms with van der Waals surface area (Å²) in [6.45, 7) is 1.84. The molecule has 0 unspecified atom stereocenters. The molecule has 0 spiro atoms. The lowest BCUT2D eigenvalue weighted by Gasteiger charge is -1.98. The number of nitrogens with one attached hydrogen (secondary N) is 1. The average molecular weight is 317 g/mol. The van der Waals surface area contributed by atoms with E-state index < -0.39 is 0 Å². The van der Waals surface area contributed by atoms with Gasteiger partial charge in [-0.05, 0) is 19.1 Å². The molecule has 0 aliphatic heterocycles. The number of carbonyl (C=O) groups excluding carboxylic acids is 1. The molecular weight excluding hydrogens is 306 g/mol. The summed E-state index contributed by atoms with van der Waals surface area (Å²) >= 11 is 2.85. The van der Waals surface area contributed by atoms with E-state index in [0.29, 0.717) is 5.13 Å². The van der Waals surface area contributed by atoms with Gasteiger partial charge in [0.1, 0.15) is 10.0 Å². The van der Waals surface area contributed by atoms with Crippen molar-refractivity contribution in [2.75, 3.05) is 5.32 Å². The molecule has 0 fully saturated rings. The van der Waals surface area contributed by atoms with Crippen LogP contribution in [-0.4, -0.2) is 26.1 Å². The van der Waals surface area contributed by atoms with Gasteiger partial charge < -0.3 is 5.32 Å². The number of rotatable bonds is 4. The van der Waals surface area contributed by atoms with E-state index in [1.54, 1.807) is 12.4 Å². The molecule has 106 valence electrons. The summed E-state index contributed by atoms with van der Waals surface area (Å²) in [5, 5.41) is 14.5. The monoisotopic (exact) mass is 317 g/mol. The highest BCUT2D eigenvalue weighted by atomic mass is 32.1. The second kappa shape index (κ2) is 6.06. The fraction of sp³-hybridized carbons (Fsp3) is 0.154. The van der Waals surface area contributed by atoms with Crippen molar-refractivity contribution >= 4 is 33.7 Å². The highest BCUT2D eigenvalue weighted by Gasteiger charge is 2.11. The van der Waals surface area contributed by atoms with E-state index in [1.807, 2.05) is 24.4 Å². The van der Waals surface area contributed by atoms with Gasteiger partial charge in [0.05, 0.1) is 12.1 Å². The number of hydrogen-bond acceptors (Lipinski definition) is 7. The highest BCUT2D eigenvalue weighted by Crippen LogP contribution is 2.23. The van der Waals surface area contributed by atoms with E-state index in [1.165, 1.54) is 22.7 Å². The van der Waals surface area contributed by atoms with E-state index in [4.69, 9.17) is 0 Å². The van der Waals surface area contributed by atoms with Crippen molar-refractivity contribution in [1.29, 1.82) is 0 Å². The van der Waals surface area contributed by atoms with Crippen LogP contribution in [0.15, 0.2) is 29.9 Å². The first-order chi connectivity index (χ1) is 10.2. The maximum Gasteiger partial charge on any atom is 0.232 e. The summed E-state index contributed by atoms with van der Waals surface area (Å²) < 4.78 is 0. The van der Waals surface area contributed by atoms with E-state index in [0.717, 1.165) is 21.3 Å². The van der Waals surface area contributed by atoms with E-state index in [-0.39, 0.29) is 12.3 Å². The van der Waals surface area contributed by atoms with Crippen molar-refractivity contribution in [3.8, 4) is 10.6 Å². The van der Waals surface area contributed by atoms with E-state index in [2.05, 4.69) is 25.5 Å². The first-order valence-corrected chi connectivity index (χ1v) is 7.85. The van der Waals surface area contributed by atoms with Crippen molar-refractivity contribution in [1.82, 2.24) is 20.2 Å². The van der Waals surface area contributed by atoms with Crippen LogP contribution in [0.3, 0.4) is 0 Å². The van der Waals surface area contributed by atoms with Crippen molar-refractivity contribution in [2.45, 2.75) is 13.3 Å². The quantitative estimate of drug-likeness (QED) is 0.800. The molecular formula is C13H11N5OS2. The van der Waals surface area contributed by atoms with Gasteiger partial charge in [0.15, 0.2) is 0 Å². The normalized spacial score (nSPS) is 10.5. The lowest BCUT2D eigenvalue weighted by atomic mass is 10.3. The predicted molar refractivity (Wildman–Crippen MR) is 82.3 cm³/mol. The average Bonchev–Trinajstić information content (AvgIpc) is 3.09. The Kier molecular flexibility index (Phi) is 3.98. The molecule has 0 saturated heterocycles. The van der Waals surface area contributed by atoms with Gasteiger partial charge in [0, 0.05) is 23.3 Å². The van der Waals surface area contributed by atoms with Crippen LogP contribution in [0.2, 0.25) is 0 Å². The lowest BCUT2D eigenvalue weighted by Crippen LogP contribution is -2.14. The Labute approximate surface area is 128 Å². The topological polar surface area (TPSA) is 80.7 Å². The molecule has 0 radical (unpaired) electrons. The van der Waals surface area contributed by atoms with Crippen LogP contribution in [0.1, 0.15) is 10.7 Å². The summed E-state index contributed by atoms with van der Waals surface area (Å²) in [7, 11) is 0. The number of aromatic nitrogens is 4. The minimum absolute atomic E-state index is 0.144. The Hall–Kier alpha value is -2.19. The molecule has 1 amide bonds. The Morgan fingerprint density at radius 2 is 2.29 bits per heavy atom. The van der Waals surface area contributed by atoms with Crippen LogP contribution in [0.5, 0.6) is 0 Å². The molecule has 3 aromatic heterocycles. The van der Waals surface area contributed by atoms with Gasteiger partial charge in [0.2, 0.25) is 11.0 Å². The molecule has 0 aliphatic carbocycles. The minimum atomic E-state index is -0.144. The molecule has 3 heterocycles. The second-order valence-electron chi connectivity index (χ2n) is 4.24. The summed E-state index contributed by atoms with van der Waals surface area (Å²) in [6.07, 6.45) is 3.69. The summed E-state index contributed by atoms with van der Waals surface area (Å²) in [5.74, 6) is -0.144. The lowest BCUT2D eigenvalue weighted by molar-refractivity contribution is -0.115. The number of nitrogens with zero attached hydrogens (tertiary/aromatic N) is 4. The summed E-state index contributed by atoms with van der Waals surface area (Å²) in [4.78, 5) is 20.4. The number of carbonyl (C=O) groups is 1. The van der Waals surface area contributed by atoms with Gasteiger partial charge >= 0.3 is 0 Å². The third-order valence-electron chi connectivity index (χ3n) is 2.57. The molecule has 21 heavy (non-hydrogen) atoms. The van der Waals surface area contributed by atoms with Gasteiger partial charge in [-0.15, -0.1) is 21.5 Å². The Morgan fingerprint density at radius 1 is 1.38 bits per heavy atom. The molecule has 0 atom stereocenters. The SMILES string of the molecule is Cc1nnc(NC(=O)Cc2csc(-c3cccnc3)n2)s1. The van der Waals surface area contributed by atoms with Gasteiger partial charge in [-0.3, -0.25) is 9.78 Å². The molecule has 1 N–H and O–H groups in total. The van der Waals surface area contributed by atoms with Crippen molar-refractivity contribution in [2.24, 2.45) is 0 Å². The number of amides is 1. The molecule has 8 heteroatoms. The van der Waals surface area contributed by atoms with E-state index in [9.17, 15) is 4.79 Å².